The minimum Gasteiger partial charge on any atom is -0.454 e. The molecule has 31 heavy (non-hydrogen) atoms. The summed E-state index contributed by atoms with van der Waals surface area (Å²) in [4.78, 5) is 12.3. The number of amidine groups is 1. The molecule has 160 valence electrons. The van der Waals surface area contributed by atoms with E-state index in [9.17, 15) is 0 Å². The van der Waals surface area contributed by atoms with E-state index < -0.39 is 0 Å². The van der Waals surface area contributed by atoms with Gasteiger partial charge in [0.05, 0.1) is 5.52 Å². The van der Waals surface area contributed by atoms with Gasteiger partial charge < -0.3 is 14.4 Å². The lowest BCUT2D eigenvalue weighted by atomic mass is 10.0. The second kappa shape index (κ2) is 8.08. The van der Waals surface area contributed by atoms with Crippen LogP contribution in [0.3, 0.4) is 0 Å². The van der Waals surface area contributed by atoms with Crippen molar-refractivity contribution < 1.29 is 9.47 Å². The average molecular weight is 434 g/mol. The molecule has 0 saturated heterocycles. The molecule has 2 aliphatic rings. The highest BCUT2D eigenvalue weighted by Gasteiger charge is 2.25. The number of hydrogen-bond acceptors (Lipinski definition) is 5. The molecule has 2 aliphatic heterocycles. The number of aliphatic imine (C=N–C) groups is 1. The molecule has 0 radical (unpaired) electrons. The van der Waals surface area contributed by atoms with Gasteiger partial charge >= 0.3 is 0 Å². The molecule has 5 rings (SSSR count). The maximum Gasteiger partial charge on any atom is 0.231 e. The van der Waals surface area contributed by atoms with Crippen LogP contribution in [0.4, 0.5) is 0 Å². The number of aryl methyl sites for hydroxylation is 2. The molecule has 6 heteroatoms. The summed E-state index contributed by atoms with van der Waals surface area (Å²) >= 11 is 1.69. The van der Waals surface area contributed by atoms with Crippen LogP contribution in [0.25, 0.3) is 10.9 Å². The molecular weight excluding hydrogens is 406 g/mol. The minimum absolute atomic E-state index is 0.296. The fourth-order valence-corrected chi connectivity index (χ4v) is 4.84. The van der Waals surface area contributed by atoms with Gasteiger partial charge in [0, 0.05) is 30.6 Å². The number of rotatable bonds is 4. The second-order valence-electron chi connectivity index (χ2n) is 8.74. The molecule has 0 bridgehead atoms. The molecule has 5 nitrogen and oxygen atoms in total. The minimum atomic E-state index is 0.296. The van der Waals surface area contributed by atoms with Crippen molar-refractivity contribution in [3.63, 3.8) is 0 Å². The molecule has 0 unspecified atom stereocenters. The van der Waals surface area contributed by atoms with Crippen LogP contribution in [-0.4, -0.2) is 28.4 Å². The number of pyridine rings is 1. The summed E-state index contributed by atoms with van der Waals surface area (Å²) in [6.45, 7) is 11.4. The third kappa shape index (κ3) is 4.09. The van der Waals surface area contributed by atoms with Gasteiger partial charge in [0.25, 0.3) is 0 Å². The molecule has 0 aliphatic carbocycles. The van der Waals surface area contributed by atoms with Gasteiger partial charge in [-0.05, 0) is 78.5 Å². The number of hydrogen-bond donors (Lipinski definition) is 0. The molecule has 3 aromatic rings. The Bertz CT molecular complexity index is 1190. The van der Waals surface area contributed by atoms with Gasteiger partial charge in [-0.2, -0.15) is 0 Å². The quantitative estimate of drug-likeness (QED) is 0.528. The summed E-state index contributed by atoms with van der Waals surface area (Å²) in [7, 11) is 0. The van der Waals surface area contributed by atoms with E-state index in [-0.39, 0.29) is 0 Å². The monoisotopic (exact) mass is 433 g/mol. The second-order valence-corrected chi connectivity index (χ2v) is 9.70. The van der Waals surface area contributed by atoms with Crippen LogP contribution < -0.4 is 9.47 Å². The standard InChI is InChI=1S/C25H27N3O2S/c1-15(2)11-26-25-28(12-18-5-6-22-23(9-18)30-14-29-22)13-20-10-19-7-16(3)17(4)8-21(19)27-24(20)31-25/h5-10,15H,11-14H2,1-4H3. The Balaban J connectivity index is 1.50. The van der Waals surface area contributed by atoms with Crippen LogP contribution in [0.2, 0.25) is 0 Å². The highest BCUT2D eigenvalue weighted by molar-refractivity contribution is 8.13. The SMILES string of the molecule is Cc1cc2cc3c(nc2cc1C)SC(=NCC(C)C)N(Cc1ccc2c(c1)OCO2)C3. The number of fused-ring (bicyclic) bond motifs is 3. The van der Waals surface area contributed by atoms with E-state index in [2.05, 4.69) is 62.9 Å². The largest absolute Gasteiger partial charge is 0.454 e. The number of aromatic nitrogens is 1. The van der Waals surface area contributed by atoms with Crippen LogP contribution in [-0.2, 0) is 13.1 Å². The third-order valence-electron chi connectivity index (χ3n) is 5.69. The van der Waals surface area contributed by atoms with Gasteiger partial charge in [0.15, 0.2) is 16.7 Å². The maximum atomic E-state index is 5.57. The van der Waals surface area contributed by atoms with Crippen molar-refractivity contribution in [1.29, 1.82) is 0 Å². The first-order chi connectivity index (χ1) is 15.0. The molecule has 3 heterocycles. The lowest BCUT2D eigenvalue weighted by Gasteiger charge is -2.31. The van der Waals surface area contributed by atoms with Gasteiger partial charge in [-0.25, -0.2) is 4.98 Å². The highest BCUT2D eigenvalue weighted by atomic mass is 32.2. The Hall–Kier alpha value is -2.73. The van der Waals surface area contributed by atoms with E-state index in [1.165, 1.54) is 27.6 Å². The van der Waals surface area contributed by atoms with Gasteiger partial charge in [0.1, 0.15) is 5.03 Å². The molecule has 1 aromatic heterocycles. The van der Waals surface area contributed by atoms with E-state index in [1.807, 2.05) is 6.07 Å². The molecule has 0 N–H and O–H groups in total. The van der Waals surface area contributed by atoms with Crippen LogP contribution >= 0.6 is 11.8 Å². The summed E-state index contributed by atoms with van der Waals surface area (Å²) in [6, 6.07) is 12.9. The summed E-state index contributed by atoms with van der Waals surface area (Å²) in [5, 5.41) is 3.31. The maximum absolute atomic E-state index is 5.57. The van der Waals surface area contributed by atoms with Crippen molar-refractivity contribution in [2.24, 2.45) is 10.9 Å². The predicted octanol–water partition coefficient (Wildman–Crippen LogP) is 5.70. The molecule has 0 amide bonds. The van der Waals surface area contributed by atoms with Crippen molar-refractivity contribution >= 4 is 27.8 Å². The fraction of sp³-hybridized carbons (Fsp3) is 0.360. The van der Waals surface area contributed by atoms with Crippen molar-refractivity contribution in [1.82, 2.24) is 9.88 Å². The van der Waals surface area contributed by atoms with Gasteiger partial charge in [-0.15, -0.1) is 0 Å². The Morgan fingerprint density at radius 2 is 1.87 bits per heavy atom. The van der Waals surface area contributed by atoms with Crippen LogP contribution in [0.1, 0.15) is 36.1 Å². The molecule has 0 saturated carbocycles. The lowest BCUT2D eigenvalue weighted by molar-refractivity contribution is 0.174. The van der Waals surface area contributed by atoms with Crippen molar-refractivity contribution in [2.75, 3.05) is 13.3 Å². The van der Waals surface area contributed by atoms with Crippen LogP contribution in [0, 0.1) is 19.8 Å². The fourth-order valence-electron chi connectivity index (χ4n) is 3.87. The first kappa shape index (κ1) is 20.2. The van der Waals surface area contributed by atoms with Gasteiger partial charge in [0.2, 0.25) is 6.79 Å². The molecular formula is C25H27N3O2S. The zero-order chi connectivity index (χ0) is 21.5. The summed E-state index contributed by atoms with van der Waals surface area (Å²) in [6.07, 6.45) is 0. The zero-order valence-corrected chi connectivity index (χ0v) is 19.3. The first-order valence-corrected chi connectivity index (χ1v) is 11.5. The average Bonchev–Trinajstić information content (AvgIpc) is 3.20. The van der Waals surface area contributed by atoms with Crippen molar-refractivity contribution in [3.8, 4) is 11.5 Å². The Kier molecular flexibility index (Phi) is 5.26. The molecule has 0 fully saturated rings. The first-order valence-electron chi connectivity index (χ1n) is 10.7. The zero-order valence-electron chi connectivity index (χ0n) is 18.4. The van der Waals surface area contributed by atoms with E-state index in [1.54, 1.807) is 11.8 Å². The summed E-state index contributed by atoms with van der Waals surface area (Å²) < 4.78 is 11.0. The van der Waals surface area contributed by atoms with E-state index in [4.69, 9.17) is 19.5 Å². The van der Waals surface area contributed by atoms with Gasteiger partial charge in [-0.3, -0.25) is 4.99 Å². The Morgan fingerprint density at radius 3 is 2.71 bits per heavy atom. The predicted molar refractivity (Wildman–Crippen MR) is 126 cm³/mol. The molecule has 0 spiro atoms. The van der Waals surface area contributed by atoms with Crippen molar-refractivity contribution in [2.45, 2.75) is 45.8 Å². The smallest absolute Gasteiger partial charge is 0.231 e. The topological polar surface area (TPSA) is 47.0 Å². The molecule has 0 atom stereocenters. The highest BCUT2D eigenvalue weighted by Crippen LogP contribution is 2.36. The van der Waals surface area contributed by atoms with E-state index in [0.29, 0.717) is 12.7 Å². The summed E-state index contributed by atoms with van der Waals surface area (Å²) in [5.41, 5.74) is 6.07. The third-order valence-corrected chi connectivity index (χ3v) is 6.81. The Morgan fingerprint density at radius 1 is 1.06 bits per heavy atom. The molecule has 2 aromatic carbocycles. The summed E-state index contributed by atoms with van der Waals surface area (Å²) in [5.74, 6) is 2.15. The number of nitrogens with zero attached hydrogens (tertiary/aromatic N) is 3. The lowest BCUT2D eigenvalue weighted by Crippen LogP contribution is -2.32. The normalized spacial score (nSPS) is 16.4. The van der Waals surface area contributed by atoms with Crippen molar-refractivity contribution in [3.05, 3.63) is 58.7 Å². The Labute approximate surface area is 187 Å². The number of thioether (sulfide) groups is 1. The van der Waals surface area contributed by atoms with E-state index >= 15 is 0 Å². The number of benzene rings is 2. The van der Waals surface area contributed by atoms with Crippen LogP contribution in [0.5, 0.6) is 11.5 Å². The van der Waals surface area contributed by atoms with E-state index in [0.717, 1.165) is 46.8 Å². The van der Waals surface area contributed by atoms with Crippen LogP contribution in [0.15, 0.2) is 46.4 Å². The van der Waals surface area contributed by atoms with Gasteiger partial charge in [-0.1, -0.05) is 19.9 Å². The number of ether oxygens (including phenoxy) is 2.